The van der Waals surface area contributed by atoms with Crippen molar-refractivity contribution in [3.63, 3.8) is 0 Å². The lowest BCUT2D eigenvalue weighted by Gasteiger charge is -2.14. The van der Waals surface area contributed by atoms with Crippen molar-refractivity contribution in [3.8, 4) is 16.9 Å². The minimum absolute atomic E-state index is 0.227. The van der Waals surface area contributed by atoms with Gasteiger partial charge in [-0.05, 0) is 42.5 Å². The predicted molar refractivity (Wildman–Crippen MR) is 86.5 cm³/mol. The summed E-state index contributed by atoms with van der Waals surface area (Å²) in [6.07, 6.45) is 1.56. The second kappa shape index (κ2) is 7.63. The normalized spacial score (nSPS) is 11.9. The van der Waals surface area contributed by atoms with E-state index in [0.717, 1.165) is 12.2 Å². The third-order valence-electron chi connectivity index (χ3n) is 3.60. The van der Waals surface area contributed by atoms with Crippen molar-refractivity contribution < 1.29 is 9.53 Å². The summed E-state index contributed by atoms with van der Waals surface area (Å²) in [4.78, 5) is 11.2. The van der Waals surface area contributed by atoms with Crippen LogP contribution in [0.3, 0.4) is 0 Å². The molecule has 0 N–H and O–H groups in total. The lowest BCUT2D eigenvalue weighted by atomic mass is 10.0. The molecule has 0 spiro atoms. The first-order valence-electron chi connectivity index (χ1n) is 7.46. The van der Waals surface area contributed by atoms with Gasteiger partial charge in [-0.1, -0.05) is 49.4 Å². The Morgan fingerprint density at radius 3 is 2.19 bits per heavy atom. The van der Waals surface area contributed by atoms with E-state index in [-0.39, 0.29) is 5.78 Å². The highest BCUT2D eigenvalue weighted by molar-refractivity contribution is 5.75. The minimum Gasteiger partial charge on any atom is -0.493 e. The third-order valence-corrected chi connectivity index (χ3v) is 3.60. The number of hydrogen-bond acceptors (Lipinski definition) is 2. The Hall–Kier alpha value is -2.09. The summed E-state index contributed by atoms with van der Waals surface area (Å²) >= 11 is 0. The van der Waals surface area contributed by atoms with E-state index in [1.54, 1.807) is 6.92 Å². The van der Waals surface area contributed by atoms with Gasteiger partial charge in [-0.3, -0.25) is 0 Å². The van der Waals surface area contributed by atoms with Crippen molar-refractivity contribution in [2.45, 2.75) is 26.7 Å². The molecule has 0 aliphatic rings. The van der Waals surface area contributed by atoms with Crippen molar-refractivity contribution in [1.29, 1.82) is 0 Å². The van der Waals surface area contributed by atoms with E-state index in [4.69, 9.17) is 4.74 Å². The van der Waals surface area contributed by atoms with Gasteiger partial charge in [0.15, 0.2) is 0 Å². The highest BCUT2D eigenvalue weighted by Crippen LogP contribution is 2.22. The zero-order valence-electron chi connectivity index (χ0n) is 12.7. The highest BCUT2D eigenvalue weighted by atomic mass is 16.5. The molecule has 2 aromatic rings. The lowest BCUT2D eigenvalue weighted by molar-refractivity contribution is -0.118. The van der Waals surface area contributed by atoms with Crippen LogP contribution in [0.25, 0.3) is 11.1 Å². The number of ether oxygens (including phenoxy) is 1. The van der Waals surface area contributed by atoms with Gasteiger partial charge in [-0.25, -0.2) is 0 Å². The number of Topliss-reactive ketones (excluding diaryl/α,β-unsaturated/α-hetero) is 1. The fourth-order valence-corrected chi connectivity index (χ4v) is 2.32. The Morgan fingerprint density at radius 2 is 1.62 bits per heavy atom. The number of carbonyl (C=O) groups is 1. The van der Waals surface area contributed by atoms with Crippen LogP contribution in [0, 0.1) is 5.92 Å². The number of benzene rings is 2. The van der Waals surface area contributed by atoms with Crippen molar-refractivity contribution in [1.82, 2.24) is 0 Å². The highest BCUT2D eigenvalue weighted by Gasteiger charge is 2.10. The molecule has 2 aromatic carbocycles. The van der Waals surface area contributed by atoms with Crippen LogP contribution in [0.4, 0.5) is 0 Å². The van der Waals surface area contributed by atoms with Crippen LogP contribution in [0.1, 0.15) is 26.7 Å². The Labute approximate surface area is 126 Å². The van der Waals surface area contributed by atoms with Crippen molar-refractivity contribution in [2.24, 2.45) is 5.92 Å². The van der Waals surface area contributed by atoms with E-state index in [2.05, 4.69) is 31.2 Å². The van der Waals surface area contributed by atoms with Crippen LogP contribution >= 0.6 is 0 Å². The quantitative estimate of drug-likeness (QED) is 0.733. The lowest BCUT2D eigenvalue weighted by Crippen LogP contribution is -2.14. The summed E-state index contributed by atoms with van der Waals surface area (Å²) in [5, 5.41) is 0. The van der Waals surface area contributed by atoms with Gasteiger partial charge in [0.05, 0.1) is 6.61 Å². The summed E-state index contributed by atoms with van der Waals surface area (Å²) in [6, 6.07) is 18.4. The van der Waals surface area contributed by atoms with Gasteiger partial charge in [0.1, 0.15) is 11.5 Å². The molecule has 0 heterocycles. The molecule has 0 bridgehead atoms. The van der Waals surface area contributed by atoms with Gasteiger partial charge >= 0.3 is 0 Å². The van der Waals surface area contributed by atoms with Crippen LogP contribution in [0.5, 0.6) is 5.75 Å². The average Bonchev–Trinajstić information content (AvgIpc) is 2.52. The summed E-state index contributed by atoms with van der Waals surface area (Å²) in [5.74, 6) is 1.39. The van der Waals surface area contributed by atoms with Crippen LogP contribution in [0.15, 0.2) is 54.6 Å². The Balaban J connectivity index is 1.95. The van der Waals surface area contributed by atoms with Gasteiger partial charge in [-0.2, -0.15) is 0 Å². The van der Waals surface area contributed by atoms with Gasteiger partial charge in [-0.15, -0.1) is 0 Å². The van der Waals surface area contributed by atoms with Gasteiger partial charge in [0, 0.05) is 6.42 Å². The van der Waals surface area contributed by atoms with Crippen LogP contribution in [-0.2, 0) is 4.79 Å². The maximum absolute atomic E-state index is 11.2. The molecule has 0 aromatic heterocycles. The fraction of sp³-hybridized carbons (Fsp3) is 0.316. The number of carbonyl (C=O) groups excluding carboxylic acids is 1. The van der Waals surface area contributed by atoms with Crippen molar-refractivity contribution in [3.05, 3.63) is 54.6 Å². The fourth-order valence-electron chi connectivity index (χ4n) is 2.32. The molecular formula is C19H22O2. The summed E-state index contributed by atoms with van der Waals surface area (Å²) in [5.41, 5.74) is 2.38. The zero-order chi connectivity index (χ0) is 15.1. The van der Waals surface area contributed by atoms with E-state index < -0.39 is 0 Å². The molecule has 2 heteroatoms. The molecule has 0 radical (unpaired) electrons. The molecule has 0 aliphatic heterocycles. The van der Waals surface area contributed by atoms with Gasteiger partial charge in [0.2, 0.25) is 0 Å². The topological polar surface area (TPSA) is 26.3 Å². The number of rotatable bonds is 7. The predicted octanol–water partition coefficient (Wildman–Crippen LogP) is 4.74. The molecule has 2 nitrogen and oxygen atoms in total. The summed E-state index contributed by atoms with van der Waals surface area (Å²) in [6.45, 7) is 4.33. The molecular weight excluding hydrogens is 260 g/mol. The molecule has 0 saturated heterocycles. The number of hydrogen-bond donors (Lipinski definition) is 0. The first kappa shape index (κ1) is 15.3. The minimum atomic E-state index is 0.227. The van der Waals surface area contributed by atoms with E-state index in [1.165, 1.54) is 11.1 Å². The average molecular weight is 282 g/mol. The largest absolute Gasteiger partial charge is 0.493 e. The van der Waals surface area contributed by atoms with Crippen molar-refractivity contribution in [2.75, 3.05) is 6.61 Å². The molecule has 0 saturated carbocycles. The van der Waals surface area contributed by atoms with E-state index in [9.17, 15) is 4.79 Å². The molecule has 1 atom stereocenters. The number of ketones is 1. The summed E-state index contributed by atoms with van der Waals surface area (Å²) in [7, 11) is 0. The second-order valence-electron chi connectivity index (χ2n) is 5.38. The Bertz CT molecular complexity index is 558. The molecule has 0 unspecified atom stereocenters. The van der Waals surface area contributed by atoms with E-state index in [1.807, 2.05) is 30.3 Å². The standard InChI is InChI=1S/C19H22O2/c1-3-16(13-15(2)20)14-21-19-11-9-18(10-12-19)17-7-5-4-6-8-17/h4-12,16H,3,13-14H2,1-2H3/t16-/m0/s1. The Kier molecular flexibility index (Phi) is 5.56. The van der Waals surface area contributed by atoms with E-state index >= 15 is 0 Å². The Morgan fingerprint density at radius 1 is 1.00 bits per heavy atom. The maximum atomic E-state index is 11.2. The van der Waals surface area contributed by atoms with Gasteiger partial charge in [0.25, 0.3) is 0 Å². The SMILES string of the molecule is CC[C@H](COc1ccc(-c2ccccc2)cc1)CC(C)=O. The zero-order valence-corrected chi connectivity index (χ0v) is 12.7. The molecule has 21 heavy (non-hydrogen) atoms. The molecule has 0 amide bonds. The molecule has 0 fully saturated rings. The molecule has 0 aliphatic carbocycles. The molecule has 110 valence electrons. The third kappa shape index (κ3) is 4.75. The monoisotopic (exact) mass is 282 g/mol. The van der Waals surface area contributed by atoms with Crippen LogP contribution in [-0.4, -0.2) is 12.4 Å². The van der Waals surface area contributed by atoms with Crippen molar-refractivity contribution >= 4 is 5.78 Å². The summed E-state index contributed by atoms with van der Waals surface area (Å²) < 4.78 is 5.80. The van der Waals surface area contributed by atoms with Crippen LogP contribution in [0.2, 0.25) is 0 Å². The smallest absolute Gasteiger partial charge is 0.130 e. The first-order chi connectivity index (χ1) is 10.2. The maximum Gasteiger partial charge on any atom is 0.130 e. The second-order valence-corrected chi connectivity index (χ2v) is 5.38. The van der Waals surface area contributed by atoms with Gasteiger partial charge < -0.3 is 9.53 Å². The van der Waals surface area contributed by atoms with Crippen LogP contribution < -0.4 is 4.74 Å². The van der Waals surface area contributed by atoms with E-state index in [0.29, 0.717) is 18.9 Å². The first-order valence-corrected chi connectivity index (χ1v) is 7.46. The molecule has 2 rings (SSSR count).